The number of likely N-dealkylation sites (tertiary alicyclic amines) is 1. The number of imide groups is 1. The second-order valence-corrected chi connectivity index (χ2v) is 5.92. The third-order valence-corrected chi connectivity index (χ3v) is 3.69. The van der Waals surface area contributed by atoms with Crippen molar-refractivity contribution in [1.82, 2.24) is 10.2 Å². The van der Waals surface area contributed by atoms with Crippen molar-refractivity contribution in [3.63, 3.8) is 0 Å². The van der Waals surface area contributed by atoms with Crippen LogP contribution in [-0.2, 0) is 20.4 Å². The number of hydrogen-bond donors (Lipinski definition) is 1. The maximum Gasteiger partial charge on any atom is 0.246 e. The van der Waals surface area contributed by atoms with Crippen LogP contribution in [0.5, 0.6) is 0 Å². The van der Waals surface area contributed by atoms with E-state index in [1.54, 1.807) is 13.2 Å². The quantitative estimate of drug-likeness (QED) is 0.676. The van der Waals surface area contributed by atoms with Crippen LogP contribution in [0.4, 0.5) is 0 Å². The molecule has 1 heterocycles. The Labute approximate surface area is 104 Å². The number of carbonyl (C=O) groups is 2. The molecule has 0 aromatic rings. The highest BCUT2D eigenvalue weighted by molar-refractivity contribution is 7.84. The number of rotatable bonds is 6. The molecule has 0 bridgehead atoms. The zero-order valence-electron chi connectivity index (χ0n) is 10.6. The minimum absolute atomic E-state index is 0.0949. The van der Waals surface area contributed by atoms with Gasteiger partial charge in [0.1, 0.15) is 0 Å². The Bertz CT molecular complexity index is 333. The molecule has 1 rings (SSSR count). The Balaban J connectivity index is 2.45. The predicted octanol–water partition coefficient (Wildman–Crippen LogP) is -0.119. The Morgan fingerprint density at radius 1 is 1.53 bits per heavy atom. The first-order valence-electron chi connectivity index (χ1n) is 5.86. The van der Waals surface area contributed by atoms with Gasteiger partial charge in [-0.05, 0) is 20.3 Å². The zero-order chi connectivity index (χ0) is 13.0. The fourth-order valence-electron chi connectivity index (χ4n) is 1.92. The molecule has 0 saturated carbocycles. The third-order valence-electron chi connectivity index (χ3n) is 2.88. The molecule has 17 heavy (non-hydrogen) atoms. The van der Waals surface area contributed by atoms with Crippen molar-refractivity contribution >= 4 is 22.6 Å². The lowest BCUT2D eigenvalue weighted by atomic mass is 10.2. The van der Waals surface area contributed by atoms with E-state index in [9.17, 15) is 13.8 Å². The highest BCUT2D eigenvalue weighted by atomic mass is 32.2. The molecule has 3 atom stereocenters. The number of hydrogen-bond acceptors (Lipinski definition) is 4. The molecule has 0 aromatic carbocycles. The van der Waals surface area contributed by atoms with Crippen LogP contribution in [0, 0.1) is 0 Å². The summed E-state index contributed by atoms with van der Waals surface area (Å²) in [5.74, 6) is 0.365. The van der Waals surface area contributed by atoms with Crippen molar-refractivity contribution in [2.75, 3.05) is 18.6 Å². The van der Waals surface area contributed by atoms with E-state index < -0.39 is 16.8 Å². The van der Waals surface area contributed by atoms with E-state index in [0.717, 1.165) is 6.42 Å². The Morgan fingerprint density at radius 2 is 2.18 bits per heavy atom. The molecular formula is C11H20N2O3S. The van der Waals surface area contributed by atoms with Crippen molar-refractivity contribution in [3.8, 4) is 0 Å². The van der Waals surface area contributed by atoms with Gasteiger partial charge in [-0.3, -0.25) is 18.7 Å². The van der Waals surface area contributed by atoms with Crippen molar-refractivity contribution in [1.29, 1.82) is 0 Å². The molecule has 1 aliphatic rings. The summed E-state index contributed by atoms with van der Waals surface area (Å²) < 4.78 is 11.0. The molecule has 0 aliphatic carbocycles. The monoisotopic (exact) mass is 260 g/mol. The highest BCUT2D eigenvalue weighted by Crippen LogP contribution is 2.13. The average Bonchev–Trinajstić information content (AvgIpc) is 2.51. The van der Waals surface area contributed by atoms with Gasteiger partial charge in [0, 0.05) is 35.4 Å². The molecule has 3 unspecified atom stereocenters. The first-order valence-corrected chi connectivity index (χ1v) is 7.58. The van der Waals surface area contributed by atoms with Gasteiger partial charge in [-0.25, -0.2) is 0 Å². The van der Waals surface area contributed by atoms with Crippen LogP contribution in [0.15, 0.2) is 0 Å². The number of amides is 2. The van der Waals surface area contributed by atoms with Gasteiger partial charge in [0.25, 0.3) is 0 Å². The van der Waals surface area contributed by atoms with E-state index in [0.29, 0.717) is 12.3 Å². The summed E-state index contributed by atoms with van der Waals surface area (Å²) in [5.41, 5.74) is 0. The number of nitrogens with one attached hydrogen (secondary N) is 1. The summed E-state index contributed by atoms with van der Waals surface area (Å²) in [5, 5.41) is 3.13. The summed E-state index contributed by atoms with van der Waals surface area (Å²) in [4.78, 5) is 24.6. The minimum Gasteiger partial charge on any atom is -0.303 e. The maximum absolute atomic E-state index is 11.8. The summed E-state index contributed by atoms with van der Waals surface area (Å²) >= 11 is 0. The lowest BCUT2D eigenvalue weighted by Gasteiger charge is -2.18. The first kappa shape index (κ1) is 14.3. The number of nitrogens with zero attached hydrogens (tertiary/aromatic N) is 1. The van der Waals surface area contributed by atoms with E-state index in [1.807, 2.05) is 6.92 Å². The summed E-state index contributed by atoms with van der Waals surface area (Å²) in [6, 6.07) is -0.305. The molecule has 98 valence electrons. The number of carbonyl (C=O) groups excluding carboxylic acids is 2. The predicted molar refractivity (Wildman–Crippen MR) is 66.9 cm³/mol. The molecule has 0 aromatic heterocycles. The van der Waals surface area contributed by atoms with Gasteiger partial charge in [0.15, 0.2) is 0 Å². The standard InChI is InChI=1S/C11H20N2O3S/c1-4-13-10(14)7-9(11(13)15)12-8(2)5-6-17(3)16/h8-9,12H,4-7H2,1-3H3. The second-order valence-electron chi connectivity index (χ2n) is 4.37. The van der Waals surface area contributed by atoms with E-state index in [2.05, 4.69) is 5.32 Å². The van der Waals surface area contributed by atoms with Crippen LogP contribution < -0.4 is 5.32 Å². The molecule has 5 nitrogen and oxygen atoms in total. The van der Waals surface area contributed by atoms with Gasteiger partial charge in [0.05, 0.1) is 12.5 Å². The molecule has 1 N–H and O–H groups in total. The van der Waals surface area contributed by atoms with Crippen molar-refractivity contribution in [3.05, 3.63) is 0 Å². The van der Waals surface area contributed by atoms with Crippen LogP contribution in [0.2, 0.25) is 0 Å². The first-order chi connectivity index (χ1) is 7.95. The fourth-order valence-corrected chi connectivity index (χ4v) is 2.60. The van der Waals surface area contributed by atoms with Crippen LogP contribution in [0.3, 0.4) is 0 Å². The maximum atomic E-state index is 11.8. The summed E-state index contributed by atoms with van der Waals surface area (Å²) in [6.07, 6.45) is 2.65. The molecule has 1 aliphatic heterocycles. The van der Waals surface area contributed by atoms with Crippen molar-refractivity contribution in [2.45, 2.75) is 38.8 Å². The Kier molecular flexibility index (Phi) is 5.27. The average molecular weight is 260 g/mol. The minimum atomic E-state index is -0.816. The SMILES string of the molecule is CCN1C(=O)CC(NC(C)CCS(C)=O)C1=O. The Hall–Kier alpha value is -0.750. The smallest absolute Gasteiger partial charge is 0.246 e. The van der Waals surface area contributed by atoms with Gasteiger partial charge in [-0.15, -0.1) is 0 Å². The highest BCUT2D eigenvalue weighted by Gasteiger charge is 2.37. The van der Waals surface area contributed by atoms with Gasteiger partial charge < -0.3 is 5.32 Å². The molecule has 1 saturated heterocycles. The van der Waals surface area contributed by atoms with Crippen molar-refractivity contribution in [2.24, 2.45) is 0 Å². The molecular weight excluding hydrogens is 240 g/mol. The van der Waals surface area contributed by atoms with Crippen LogP contribution >= 0.6 is 0 Å². The zero-order valence-corrected chi connectivity index (χ0v) is 11.4. The van der Waals surface area contributed by atoms with E-state index >= 15 is 0 Å². The molecule has 6 heteroatoms. The van der Waals surface area contributed by atoms with Crippen molar-refractivity contribution < 1.29 is 13.8 Å². The fraction of sp³-hybridized carbons (Fsp3) is 0.818. The van der Waals surface area contributed by atoms with Crippen LogP contribution in [0.25, 0.3) is 0 Å². The topological polar surface area (TPSA) is 66.5 Å². The van der Waals surface area contributed by atoms with Crippen LogP contribution in [0.1, 0.15) is 26.7 Å². The van der Waals surface area contributed by atoms with E-state index in [4.69, 9.17) is 0 Å². The third kappa shape index (κ3) is 3.89. The van der Waals surface area contributed by atoms with Gasteiger partial charge in [-0.1, -0.05) is 0 Å². The van der Waals surface area contributed by atoms with E-state index in [-0.39, 0.29) is 24.3 Å². The summed E-state index contributed by atoms with van der Waals surface area (Å²) in [6.45, 7) is 4.17. The largest absolute Gasteiger partial charge is 0.303 e. The second kappa shape index (κ2) is 6.26. The van der Waals surface area contributed by atoms with Gasteiger partial charge in [0.2, 0.25) is 11.8 Å². The van der Waals surface area contributed by atoms with Crippen LogP contribution in [-0.4, -0.2) is 51.6 Å². The van der Waals surface area contributed by atoms with Gasteiger partial charge >= 0.3 is 0 Å². The van der Waals surface area contributed by atoms with Gasteiger partial charge in [-0.2, -0.15) is 0 Å². The Morgan fingerprint density at radius 3 is 2.65 bits per heavy atom. The number of likely N-dealkylation sites (N-methyl/N-ethyl adjacent to an activating group) is 1. The van der Waals surface area contributed by atoms with E-state index in [1.165, 1.54) is 4.90 Å². The lowest BCUT2D eigenvalue weighted by Crippen LogP contribution is -2.43. The molecule has 1 fully saturated rings. The molecule has 0 spiro atoms. The lowest BCUT2D eigenvalue weighted by molar-refractivity contribution is -0.138. The molecule has 2 amide bonds. The molecule has 0 radical (unpaired) electrons. The normalized spacial score (nSPS) is 24.2. The summed E-state index contributed by atoms with van der Waals surface area (Å²) in [7, 11) is -0.816.